The van der Waals surface area contributed by atoms with Crippen LogP contribution in [0.1, 0.15) is 12.5 Å². The zero-order chi connectivity index (χ0) is 12.7. The molecule has 0 heterocycles. The molecule has 1 aromatic rings. The van der Waals surface area contributed by atoms with Crippen molar-refractivity contribution in [3.8, 4) is 11.5 Å². The third-order valence-electron chi connectivity index (χ3n) is 2.48. The van der Waals surface area contributed by atoms with Gasteiger partial charge in [0.2, 0.25) is 0 Å². The topological polar surface area (TPSA) is 50.7 Å². The van der Waals surface area contributed by atoms with Gasteiger partial charge in [-0.15, -0.1) is 0 Å². The summed E-state index contributed by atoms with van der Waals surface area (Å²) in [5.41, 5.74) is 1.18. The van der Waals surface area contributed by atoms with E-state index in [-0.39, 0.29) is 6.10 Å². The predicted octanol–water partition coefficient (Wildman–Crippen LogP) is 1.22. The molecule has 2 N–H and O–H groups in total. The number of hydrogen-bond acceptors (Lipinski definition) is 4. The van der Waals surface area contributed by atoms with Gasteiger partial charge in [-0.3, -0.25) is 0 Å². The minimum atomic E-state index is -0.305. The Morgan fingerprint density at radius 3 is 2.53 bits per heavy atom. The minimum absolute atomic E-state index is 0.305. The van der Waals surface area contributed by atoms with Gasteiger partial charge in [0.05, 0.1) is 20.3 Å². The van der Waals surface area contributed by atoms with Gasteiger partial charge in [-0.05, 0) is 37.6 Å². The van der Waals surface area contributed by atoms with Gasteiger partial charge in [0.15, 0.2) is 11.5 Å². The second kappa shape index (κ2) is 7.14. The molecule has 96 valence electrons. The largest absolute Gasteiger partial charge is 0.493 e. The summed E-state index contributed by atoms with van der Waals surface area (Å²) in [5, 5.41) is 12.3. The number of methoxy groups -OCH3 is 2. The first-order chi connectivity index (χ1) is 8.17. The highest BCUT2D eigenvalue weighted by molar-refractivity contribution is 5.42. The summed E-state index contributed by atoms with van der Waals surface area (Å²) >= 11 is 0. The third-order valence-corrected chi connectivity index (χ3v) is 2.48. The van der Waals surface area contributed by atoms with Crippen molar-refractivity contribution in [2.24, 2.45) is 0 Å². The Kier molecular flexibility index (Phi) is 5.80. The van der Waals surface area contributed by atoms with E-state index in [0.29, 0.717) is 6.54 Å². The fourth-order valence-corrected chi connectivity index (χ4v) is 1.58. The number of benzene rings is 1. The molecule has 1 rings (SSSR count). The van der Waals surface area contributed by atoms with E-state index in [9.17, 15) is 0 Å². The molecule has 0 spiro atoms. The SMILES string of the molecule is COc1ccc(CCNCC(C)O)cc1OC. The van der Waals surface area contributed by atoms with E-state index in [1.165, 1.54) is 5.56 Å². The standard InChI is InChI=1S/C13H21NO3/c1-10(15)9-14-7-6-11-4-5-12(16-2)13(8-11)17-3/h4-5,8,10,14-15H,6-7,9H2,1-3H3. The Bertz CT molecular complexity index is 339. The van der Waals surface area contributed by atoms with Crippen molar-refractivity contribution < 1.29 is 14.6 Å². The molecule has 0 aromatic heterocycles. The molecule has 17 heavy (non-hydrogen) atoms. The Labute approximate surface area is 103 Å². The Morgan fingerprint density at radius 1 is 1.24 bits per heavy atom. The number of rotatable bonds is 7. The number of hydrogen-bond donors (Lipinski definition) is 2. The number of ether oxygens (including phenoxy) is 2. The van der Waals surface area contributed by atoms with Crippen LogP contribution in [-0.4, -0.2) is 38.5 Å². The maximum absolute atomic E-state index is 9.10. The molecule has 1 aromatic carbocycles. The molecule has 0 fully saturated rings. The second-order valence-electron chi connectivity index (χ2n) is 3.99. The van der Waals surface area contributed by atoms with Crippen LogP contribution >= 0.6 is 0 Å². The lowest BCUT2D eigenvalue weighted by Crippen LogP contribution is -2.26. The average Bonchev–Trinajstić information content (AvgIpc) is 2.34. The highest BCUT2D eigenvalue weighted by Gasteiger charge is 2.04. The predicted molar refractivity (Wildman–Crippen MR) is 67.8 cm³/mol. The molecule has 1 atom stereocenters. The smallest absolute Gasteiger partial charge is 0.160 e. The van der Waals surface area contributed by atoms with E-state index >= 15 is 0 Å². The van der Waals surface area contributed by atoms with Crippen molar-refractivity contribution in [3.05, 3.63) is 23.8 Å². The van der Waals surface area contributed by atoms with Gasteiger partial charge >= 0.3 is 0 Å². The molecule has 0 bridgehead atoms. The minimum Gasteiger partial charge on any atom is -0.493 e. The van der Waals surface area contributed by atoms with E-state index in [4.69, 9.17) is 14.6 Å². The Balaban J connectivity index is 2.48. The van der Waals surface area contributed by atoms with Gasteiger partial charge in [0.1, 0.15) is 0 Å². The third kappa shape index (κ3) is 4.63. The first kappa shape index (κ1) is 13.8. The number of aliphatic hydroxyl groups excluding tert-OH is 1. The summed E-state index contributed by atoms with van der Waals surface area (Å²) in [6, 6.07) is 5.90. The van der Waals surface area contributed by atoms with Gasteiger partial charge in [0.25, 0.3) is 0 Å². The summed E-state index contributed by atoms with van der Waals surface area (Å²) in [5.74, 6) is 1.49. The van der Waals surface area contributed by atoms with Crippen LogP contribution in [0.25, 0.3) is 0 Å². The molecule has 0 amide bonds. The lowest BCUT2D eigenvalue weighted by molar-refractivity contribution is 0.191. The number of nitrogens with one attached hydrogen (secondary N) is 1. The van der Waals surface area contributed by atoms with Crippen molar-refractivity contribution in [2.75, 3.05) is 27.3 Å². The number of aliphatic hydroxyl groups is 1. The molecular weight excluding hydrogens is 218 g/mol. The van der Waals surface area contributed by atoms with E-state index in [0.717, 1.165) is 24.5 Å². The van der Waals surface area contributed by atoms with E-state index < -0.39 is 0 Å². The maximum Gasteiger partial charge on any atom is 0.160 e. The molecule has 1 unspecified atom stereocenters. The van der Waals surface area contributed by atoms with Crippen molar-refractivity contribution in [1.29, 1.82) is 0 Å². The van der Waals surface area contributed by atoms with Gasteiger partial charge < -0.3 is 19.9 Å². The molecule has 0 aliphatic carbocycles. The van der Waals surface area contributed by atoms with E-state index in [2.05, 4.69) is 5.32 Å². The molecule has 0 aliphatic heterocycles. The zero-order valence-corrected chi connectivity index (χ0v) is 10.7. The van der Waals surface area contributed by atoms with Crippen LogP contribution in [0.3, 0.4) is 0 Å². The van der Waals surface area contributed by atoms with Crippen LogP contribution in [0, 0.1) is 0 Å². The van der Waals surface area contributed by atoms with Gasteiger partial charge in [-0.1, -0.05) is 6.07 Å². The van der Waals surface area contributed by atoms with Crippen molar-refractivity contribution in [1.82, 2.24) is 5.32 Å². The summed E-state index contributed by atoms with van der Waals surface area (Å²) < 4.78 is 10.4. The summed E-state index contributed by atoms with van der Waals surface area (Å²) in [6.45, 7) is 3.22. The fourth-order valence-electron chi connectivity index (χ4n) is 1.58. The Hall–Kier alpha value is -1.26. The van der Waals surface area contributed by atoms with Crippen LogP contribution in [0.15, 0.2) is 18.2 Å². The first-order valence-corrected chi connectivity index (χ1v) is 5.77. The second-order valence-corrected chi connectivity index (χ2v) is 3.99. The van der Waals surface area contributed by atoms with Crippen LogP contribution in [-0.2, 0) is 6.42 Å². The average molecular weight is 239 g/mol. The molecule has 4 nitrogen and oxygen atoms in total. The maximum atomic E-state index is 9.10. The molecule has 0 saturated carbocycles. The molecule has 0 radical (unpaired) electrons. The van der Waals surface area contributed by atoms with Crippen molar-refractivity contribution >= 4 is 0 Å². The molecule has 0 aliphatic rings. The van der Waals surface area contributed by atoms with Gasteiger partial charge in [0, 0.05) is 6.54 Å². The first-order valence-electron chi connectivity index (χ1n) is 5.77. The van der Waals surface area contributed by atoms with Crippen LogP contribution in [0.2, 0.25) is 0 Å². The summed E-state index contributed by atoms with van der Waals surface area (Å²) in [7, 11) is 3.26. The highest BCUT2D eigenvalue weighted by atomic mass is 16.5. The van der Waals surface area contributed by atoms with Gasteiger partial charge in [-0.25, -0.2) is 0 Å². The van der Waals surface area contributed by atoms with Crippen LogP contribution < -0.4 is 14.8 Å². The van der Waals surface area contributed by atoms with Gasteiger partial charge in [-0.2, -0.15) is 0 Å². The Morgan fingerprint density at radius 2 is 1.94 bits per heavy atom. The fraction of sp³-hybridized carbons (Fsp3) is 0.538. The van der Waals surface area contributed by atoms with Crippen LogP contribution in [0.4, 0.5) is 0 Å². The molecular formula is C13H21NO3. The lowest BCUT2D eigenvalue weighted by Gasteiger charge is -2.10. The lowest BCUT2D eigenvalue weighted by atomic mass is 10.1. The normalized spacial score (nSPS) is 12.2. The van der Waals surface area contributed by atoms with E-state index in [1.807, 2.05) is 18.2 Å². The zero-order valence-electron chi connectivity index (χ0n) is 10.7. The van der Waals surface area contributed by atoms with E-state index in [1.54, 1.807) is 21.1 Å². The molecule has 0 saturated heterocycles. The monoisotopic (exact) mass is 239 g/mol. The van der Waals surface area contributed by atoms with Crippen LogP contribution in [0.5, 0.6) is 11.5 Å². The van der Waals surface area contributed by atoms with Crippen molar-refractivity contribution in [3.63, 3.8) is 0 Å². The highest BCUT2D eigenvalue weighted by Crippen LogP contribution is 2.27. The summed E-state index contributed by atoms with van der Waals surface area (Å²) in [6.07, 6.45) is 0.591. The van der Waals surface area contributed by atoms with Crippen molar-refractivity contribution in [2.45, 2.75) is 19.4 Å². The summed E-state index contributed by atoms with van der Waals surface area (Å²) in [4.78, 5) is 0. The molecule has 4 heteroatoms. The quantitative estimate of drug-likeness (QED) is 0.702.